The van der Waals surface area contributed by atoms with E-state index in [0.29, 0.717) is 31.5 Å². The van der Waals surface area contributed by atoms with Crippen LogP contribution in [-0.4, -0.2) is 71.2 Å². The van der Waals surface area contributed by atoms with Gasteiger partial charge in [-0.15, -0.1) is 0 Å². The first-order valence-electron chi connectivity index (χ1n) is 13.2. The normalized spacial score (nSPS) is 31.5. The fourth-order valence-electron chi connectivity index (χ4n) is 6.78. The van der Waals surface area contributed by atoms with Gasteiger partial charge in [-0.25, -0.2) is 0 Å². The van der Waals surface area contributed by atoms with Gasteiger partial charge in [0.1, 0.15) is 18.2 Å². The van der Waals surface area contributed by atoms with Crippen molar-refractivity contribution in [3.63, 3.8) is 0 Å². The molecular weight excluding hydrogens is 476 g/mol. The molecule has 0 radical (unpaired) electrons. The van der Waals surface area contributed by atoms with Gasteiger partial charge in [0.25, 0.3) is 5.91 Å². The van der Waals surface area contributed by atoms with Gasteiger partial charge in [0, 0.05) is 25.4 Å². The Hall–Kier alpha value is -3.27. The van der Waals surface area contributed by atoms with E-state index in [0.717, 1.165) is 19.3 Å². The third-order valence-corrected chi connectivity index (χ3v) is 8.68. The molecule has 4 amide bonds. The molecule has 0 aromatic heterocycles. The standard InChI is InChI=1S/C27H34N4O6/c32-15-21(33)20(13-16-10-12-28-24(16)35)29-25(36)23-19-8-4-5-17(19)14-31(23)26(37)27(11-9-22(34)30-27)18-6-2-1-3-7-18/h1-3,6-7,16-17,19-20,23,32H,4-5,8-15H2,(H,28,35)(H,29,36)(H,30,34)/t16-,17+,19+,20-,23-,27-/m1/s1. The van der Waals surface area contributed by atoms with E-state index in [1.807, 2.05) is 30.3 Å². The Morgan fingerprint density at radius 1 is 1.14 bits per heavy atom. The molecule has 3 aliphatic heterocycles. The molecule has 37 heavy (non-hydrogen) atoms. The number of benzene rings is 1. The highest BCUT2D eigenvalue weighted by Gasteiger charge is 2.56. The Morgan fingerprint density at radius 2 is 1.92 bits per heavy atom. The minimum Gasteiger partial charge on any atom is -0.389 e. The summed E-state index contributed by atoms with van der Waals surface area (Å²) in [4.78, 5) is 66.6. The second kappa shape index (κ2) is 10.2. The number of Topliss-reactive ketones (excluding diaryl/α,β-unsaturated/α-hetero) is 1. The lowest BCUT2D eigenvalue weighted by atomic mass is 9.86. The van der Waals surface area contributed by atoms with Crippen molar-refractivity contribution in [2.45, 2.75) is 62.6 Å². The maximum atomic E-state index is 14.2. The number of carbonyl (C=O) groups excluding carboxylic acids is 5. The molecule has 1 aromatic carbocycles. The van der Waals surface area contributed by atoms with E-state index in [-0.39, 0.29) is 42.4 Å². The molecule has 10 nitrogen and oxygen atoms in total. The molecule has 4 fully saturated rings. The quantitative estimate of drug-likeness (QED) is 0.387. The summed E-state index contributed by atoms with van der Waals surface area (Å²) in [6.45, 7) is 0.177. The minimum atomic E-state index is -1.24. The molecule has 3 heterocycles. The molecule has 1 saturated carbocycles. The summed E-state index contributed by atoms with van der Waals surface area (Å²) in [6.07, 6.45) is 3.84. The highest BCUT2D eigenvalue weighted by Crippen LogP contribution is 2.45. The molecule has 198 valence electrons. The zero-order chi connectivity index (χ0) is 26.2. The van der Waals surface area contributed by atoms with Crippen LogP contribution in [0.4, 0.5) is 0 Å². The van der Waals surface area contributed by atoms with Gasteiger partial charge in [0.05, 0.1) is 6.04 Å². The fourth-order valence-corrected chi connectivity index (χ4v) is 6.78. The van der Waals surface area contributed by atoms with Crippen LogP contribution in [0.2, 0.25) is 0 Å². The molecule has 0 spiro atoms. The van der Waals surface area contributed by atoms with Crippen LogP contribution in [0.3, 0.4) is 0 Å². The van der Waals surface area contributed by atoms with Gasteiger partial charge in [-0.05, 0) is 49.5 Å². The van der Waals surface area contributed by atoms with Crippen molar-refractivity contribution in [3.05, 3.63) is 35.9 Å². The SMILES string of the molecule is O=C1CC[C@](C(=O)N2C[C@@H]3CCC[C@@H]3[C@@H]2C(=O)N[C@H](C[C@H]2CCNC2=O)C(=O)CO)(c2ccccc2)N1. The number of fused-ring (bicyclic) bond motifs is 1. The molecule has 6 atom stereocenters. The number of hydrogen-bond donors (Lipinski definition) is 4. The number of ketones is 1. The first-order valence-corrected chi connectivity index (χ1v) is 13.2. The molecule has 5 rings (SSSR count). The van der Waals surface area contributed by atoms with Crippen molar-refractivity contribution < 1.29 is 29.1 Å². The molecule has 10 heteroatoms. The average Bonchev–Trinajstić information content (AvgIpc) is 3.68. The van der Waals surface area contributed by atoms with Crippen LogP contribution in [0.15, 0.2) is 30.3 Å². The molecule has 4 N–H and O–H groups in total. The van der Waals surface area contributed by atoms with Gasteiger partial charge >= 0.3 is 0 Å². The number of amides is 4. The van der Waals surface area contributed by atoms with E-state index in [2.05, 4.69) is 16.0 Å². The largest absolute Gasteiger partial charge is 0.389 e. The van der Waals surface area contributed by atoms with E-state index >= 15 is 0 Å². The Kier molecular flexibility index (Phi) is 7.02. The van der Waals surface area contributed by atoms with Crippen LogP contribution < -0.4 is 16.0 Å². The van der Waals surface area contributed by atoms with Gasteiger partial charge < -0.3 is 26.0 Å². The molecule has 3 saturated heterocycles. The molecule has 0 bridgehead atoms. The fraction of sp³-hybridized carbons (Fsp3) is 0.593. The maximum absolute atomic E-state index is 14.2. The Bertz CT molecular complexity index is 1090. The number of carbonyl (C=O) groups is 5. The topological polar surface area (TPSA) is 145 Å². The van der Waals surface area contributed by atoms with Crippen molar-refractivity contribution in [2.75, 3.05) is 19.7 Å². The molecule has 1 aromatic rings. The first-order chi connectivity index (χ1) is 17.8. The predicted molar refractivity (Wildman–Crippen MR) is 132 cm³/mol. The number of aliphatic hydroxyl groups is 1. The molecule has 0 unspecified atom stereocenters. The molecule has 4 aliphatic rings. The lowest BCUT2D eigenvalue weighted by Crippen LogP contribution is -2.59. The summed E-state index contributed by atoms with van der Waals surface area (Å²) in [7, 11) is 0. The molecule has 1 aliphatic carbocycles. The predicted octanol–water partition coefficient (Wildman–Crippen LogP) is -0.00860. The van der Waals surface area contributed by atoms with Crippen LogP contribution in [-0.2, 0) is 29.5 Å². The summed E-state index contributed by atoms with van der Waals surface area (Å²) < 4.78 is 0. The van der Waals surface area contributed by atoms with Crippen LogP contribution in [0.25, 0.3) is 0 Å². The summed E-state index contributed by atoms with van der Waals surface area (Å²) in [5.41, 5.74) is -0.555. The van der Waals surface area contributed by atoms with Gasteiger partial charge in [0.2, 0.25) is 17.7 Å². The lowest BCUT2D eigenvalue weighted by Gasteiger charge is -2.36. The van der Waals surface area contributed by atoms with E-state index in [9.17, 15) is 29.1 Å². The second-order valence-corrected chi connectivity index (χ2v) is 10.8. The Labute approximate surface area is 215 Å². The van der Waals surface area contributed by atoms with Crippen LogP contribution in [0, 0.1) is 17.8 Å². The number of hydrogen-bond acceptors (Lipinski definition) is 6. The highest BCUT2D eigenvalue weighted by atomic mass is 16.3. The van der Waals surface area contributed by atoms with E-state index in [4.69, 9.17) is 0 Å². The lowest BCUT2D eigenvalue weighted by molar-refractivity contribution is -0.146. The van der Waals surface area contributed by atoms with Crippen LogP contribution >= 0.6 is 0 Å². The average molecular weight is 511 g/mol. The monoisotopic (exact) mass is 510 g/mol. The Balaban J connectivity index is 1.42. The number of aliphatic hydroxyl groups excluding tert-OH is 1. The zero-order valence-corrected chi connectivity index (χ0v) is 20.8. The van der Waals surface area contributed by atoms with Gasteiger partial charge in [-0.3, -0.25) is 24.0 Å². The van der Waals surface area contributed by atoms with Crippen molar-refractivity contribution in [1.29, 1.82) is 0 Å². The van der Waals surface area contributed by atoms with Crippen LogP contribution in [0.1, 0.15) is 50.5 Å². The van der Waals surface area contributed by atoms with Crippen molar-refractivity contribution in [2.24, 2.45) is 17.8 Å². The van der Waals surface area contributed by atoms with Crippen molar-refractivity contribution >= 4 is 29.4 Å². The number of rotatable bonds is 8. The van der Waals surface area contributed by atoms with Gasteiger partial charge in [0.15, 0.2) is 5.78 Å². The van der Waals surface area contributed by atoms with Gasteiger partial charge in [-0.1, -0.05) is 36.8 Å². The van der Waals surface area contributed by atoms with Crippen molar-refractivity contribution in [3.8, 4) is 0 Å². The second-order valence-electron chi connectivity index (χ2n) is 10.8. The minimum absolute atomic E-state index is 0.0477. The number of nitrogens with one attached hydrogen (secondary N) is 3. The zero-order valence-electron chi connectivity index (χ0n) is 20.8. The first kappa shape index (κ1) is 25.4. The van der Waals surface area contributed by atoms with Crippen LogP contribution in [0.5, 0.6) is 0 Å². The van der Waals surface area contributed by atoms with Gasteiger partial charge in [-0.2, -0.15) is 0 Å². The summed E-state index contributed by atoms with van der Waals surface area (Å²) in [6, 6.07) is 7.32. The Morgan fingerprint density at radius 3 is 2.57 bits per heavy atom. The van der Waals surface area contributed by atoms with E-state index < -0.39 is 41.8 Å². The van der Waals surface area contributed by atoms with Crippen molar-refractivity contribution in [1.82, 2.24) is 20.9 Å². The maximum Gasteiger partial charge on any atom is 0.253 e. The highest BCUT2D eigenvalue weighted by molar-refractivity contribution is 5.99. The number of nitrogens with zero attached hydrogens (tertiary/aromatic N) is 1. The van der Waals surface area contributed by atoms with E-state index in [1.165, 1.54) is 0 Å². The summed E-state index contributed by atoms with van der Waals surface area (Å²) in [5.74, 6) is -1.99. The number of likely N-dealkylation sites (tertiary alicyclic amines) is 1. The molecular formula is C27H34N4O6. The summed E-state index contributed by atoms with van der Waals surface area (Å²) in [5, 5.41) is 18.0. The summed E-state index contributed by atoms with van der Waals surface area (Å²) >= 11 is 0. The third-order valence-electron chi connectivity index (χ3n) is 8.68. The van der Waals surface area contributed by atoms with E-state index in [1.54, 1.807) is 4.90 Å². The smallest absolute Gasteiger partial charge is 0.253 e. The third kappa shape index (κ3) is 4.63.